The van der Waals surface area contributed by atoms with Crippen LogP contribution in [-0.4, -0.2) is 32.4 Å². The Hall–Kier alpha value is -1.79. The van der Waals surface area contributed by atoms with Crippen molar-refractivity contribution < 1.29 is 27.5 Å². The number of alkyl halides is 3. The van der Waals surface area contributed by atoms with Gasteiger partial charge in [-0.15, -0.1) is 0 Å². The van der Waals surface area contributed by atoms with Crippen LogP contribution in [0.25, 0.3) is 0 Å². The highest BCUT2D eigenvalue weighted by atomic mass is 19.4. The van der Waals surface area contributed by atoms with Crippen LogP contribution in [0.1, 0.15) is 42.1 Å². The largest absolute Gasteiger partial charge is 0.466 e. The number of carbonyl (C=O) groups is 2. The molecule has 0 N–H and O–H groups in total. The summed E-state index contributed by atoms with van der Waals surface area (Å²) >= 11 is 0. The van der Waals surface area contributed by atoms with Crippen molar-refractivity contribution >= 4 is 25.1 Å². The van der Waals surface area contributed by atoms with Crippen LogP contribution in [0.3, 0.4) is 0 Å². The number of Topliss-reactive ketones (excluding diaryl/α,β-unsaturated/α-hetero) is 1. The smallest absolute Gasteiger partial charge is 0.390 e. The monoisotopic (exact) mass is 324 g/mol. The van der Waals surface area contributed by atoms with E-state index < -0.39 is 36.2 Å². The lowest BCUT2D eigenvalue weighted by atomic mass is 9.66. The van der Waals surface area contributed by atoms with Crippen molar-refractivity contribution in [3.8, 4) is 0 Å². The molecule has 3 nitrogen and oxygen atoms in total. The fraction of sp³-hybridized carbons (Fsp3) is 0.500. The van der Waals surface area contributed by atoms with E-state index in [9.17, 15) is 22.8 Å². The Labute approximate surface area is 133 Å². The molecular formula is C16H16BF3O3. The number of ether oxygens (including phenoxy) is 1. The van der Waals surface area contributed by atoms with Gasteiger partial charge in [-0.2, -0.15) is 13.2 Å². The van der Waals surface area contributed by atoms with E-state index in [1.807, 2.05) is 0 Å². The normalized spacial score (nSPS) is 21.0. The Morgan fingerprint density at radius 1 is 1.39 bits per heavy atom. The second kappa shape index (κ2) is 6.38. The summed E-state index contributed by atoms with van der Waals surface area (Å²) in [4.78, 5) is 24.5. The van der Waals surface area contributed by atoms with E-state index in [1.54, 1.807) is 13.0 Å². The summed E-state index contributed by atoms with van der Waals surface area (Å²) in [5, 5.41) is 0. The van der Waals surface area contributed by atoms with Gasteiger partial charge < -0.3 is 4.74 Å². The molecule has 0 bridgehead atoms. The molecule has 1 aliphatic rings. The number of fused-ring (bicyclic) bond motifs is 1. The van der Waals surface area contributed by atoms with Crippen LogP contribution in [0, 0.1) is 5.41 Å². The van der Waals surface area contributed by atoms with E-state index >= 15 is 0 Å². The predicted octanol–water partition coefficient (Wildman–Crippen LogP) is 2.50. The van der Waals surface area contributed by atoms with Crippen molar-refractivity contribution in [2.75, 3.05) is 6.61 Å². The van der Waals surface area contributed by atoms with Crippen molar-refractivity contribution in [3.05, 3.63) is 29.3 Å². The van der Waals surface area contributed by atoms with E-state index in [2.05, 4.69) is 0 Å². The van der Waals surface area contributed by atoms with Gasteiger partial charge in [0, 0.05) is 5.56 Å². The zero-order valence-electron chi connectivity index (χ0n) is 12.7. The third kappa shape index (κ3) is 3.95. The molecule has 1 aromatic carbocycles. The molecule has 0 fully saturated rings. The fourth-order valence-electron chi connectivity index (χ4n) is 3.09. The minimum atomic E-state index is -4.55. The second-order valence-corrected chi connectivity index (χ2v) is 5.80. The minimum absolute atomic E-state index is 0.0549. The maximum Gasteiger partial charge on any atom is 0.390 e. The van der Waals surface area contributed by atoms with Crippen molar-refractivity contribution in [2.24, 2.45) is 5.41 Å². The van der Waals surface area contributed by atoms with Crippen molar-refractivity contribution in [1.29, 1.82) is 0 Å². The molecule has 0 aliphatic heterocycles. The molecule has 0 aromatic heterocycles. The zero-order valence-corrected chi connectivity index (χ0v) is 12.7. The molecule has 2 rings (SSSR count). The number of rotatable bonds is 4. The number of ketones is 1. The van der Waals surface area contributed by atoms with Crippen molar-refractivity contribution in [2.45, 2.75) is 38.8 Å². The van der Waals surface area contributed by atoms with Gasteiger partial charge in [0.25, 0.3) is 0 Å². The van der Waals surface area contributed by atoms with Gasteiger partial charge in [0.1, 0.15) is 7.85 Å². The third-order valence-electron chi connectivity index (χ3n) is 4.06. The van der Waals surface area contributed by atoms with Crippen molar-refractivity contribution in [3.63, 3.8) is 0 Å². The Morgan fingerprint density at radius 2 is 2.09 bits per heavy atom. The molecule has 23 heavy (non-hydrogen) atoms. The molecule has 1 aliphatic carbocycles. The van der Waals surface area contributed by atoms with Crippen molar-refractivity contribution in [1.82, 2.24) is 0 Å². The summed E-state index contributed by atoms with van der Waals surface area (Å²) < 4.78 is 43.8. The number of halogens is 3. The Morgan fingerprint density at radius 3 is 2.70 bits per heavy atom. The number of hydrogen-bond acceptors (Lipinski definition) is 3. The number of benzene rings is 1. The second-order valence-electron chi connectivity index (χ2n) is 5.80. The summed E-state index contributed by atoms with van der Waals surface area (Å²) in [6.07, 6.45) is -6.24. The standard InChI is InChI=1S/C16H16BF3O3/c1-2-23-13(21)8-15(9-16(18,19)20)6-5-10-7-11(17)3-4-12(10)14(15)22/h3-4,7H,2,5-6,8-9H2,1H3. The van der Waals surface area contributed by atoms with Gasteiger partial charge in [-0.05, 0) is 25.3 Å². The fourth-order valence-corrected chi connectivity index (χ4v) is 3.09. The van der Waals surface area contributed by atoms with Crippen LogP contribution >= 0.6 is 0 Å². The van der Waals surface area contributed by atoms with Gasteiger partial charge in [0.05, 0.1) is 24.9 Å². The van der Waals surface area contributed by atoms with E-state index in [-0.39, 0.29) is 25.0 Å². The number of carbonyl (C=O) groups excluding carboxylic acids is 2. The topological polar surface area (TPSA) is 43.4 Å². The third-order valence-corrected chi connectivity index (χ3v) is 4.06. The summed E-state index contributed by atoms with van der Waals surface area (Å²) in [6, 6.07) is 4.50. The molecule has 0 spiro atoms. The molecule has 1 atom stereocenters. The molecule has 0 saturated heterocycles. The first-order valence-corrected chi connectivity index (χ1v) is 7.32. The molecule has 0 saturated carbocycles. The molecule has 2 radical (unpaired) electrons. The maximum atomic E-state index is 13.0. The number of aryl methyl sites for hydroxylation is 1. The average molecular weight is 324 g/mol. The quantitative estimate of drug-likeness (QED) is 0.631. The lowest BCUT2D eigenvalue weighted by Crippen LogP contribution is -2.42. The summed E-state index contributed by atoms with van der Waals surface area (Å²) in [5.74, 6) is -1.45. The van der Waals surface area contributed by atoms with Gasteiger partial charge in [0.2, 0.25) is 0 Å². The van der Waals surface area contributed by atoms with Gasteiger partial charge in [0.15, 0.2) is 5.78 Å². The van der Waals surface area contributed by atoms with Gasteiger partial charge in [-0.25, -0.2) is 0 Å². The molecule has 1 aromatic rings. The van der Waals surface area contributed by atoms with Crippen LogP contribution in [0.4, 0.5) is 13.2 Å². The number of esters is 1. The van der Waals surface area contributed by atoms with Crippen LogP contribution < -0.4 is 5.46 Å². The average Bonchev–Trinajstić information content (AvgIpc) is 2.41. The maximum absolute atomic E-state index is 13.0. The zero-order chi connectivity index (χ0) is 17.3. The minimum Gasteiger partial charge on any atom is -0.466 e. The lowest BCUT2D eigenvalue weighted by Gasteiger charge is -2.36. The SMILES string of the molecule is [B]c1ccc2c(c1)CCC(CC(=O)OCC)(CC(F)(F)F)C2=O. The molecule has 7 heteroatoms. The van der Waals surface area contributed by atoms with E-state index in [4.69, 9.17) is 12.6 Å². The Kier molecular flexibility index (Phi) is 4.87. The Bertz CT molecular complexity index is 627. The van der Waals surface area contributed by atoms with E-state index in [0.717, 1.165) is 0 Å². The summed E-state index contributed by atoms with van der Waals surface area (Å²) in [5.41, 5.74) is -0.519. The first-order chi connectivity index (χ1) is 10.7. The summed E-state index contributed by atoms with van der Waals surface area (Å²) in [6.45, 7) is 1.62. The van der Waals surface area contributed by atoms with E-state index in [0.29, 0.717) is 11.0 Å². The highest BCUT2D eigenvalue weighted by Crippen LogP contribution is 2.46. The van der Waals surface area contributed by atoms with Crippen LogP contribution in [-0.2, 0) is 16.0 Å². The molecule has 1 unspecified atom stereocenters. The van der Waals surface area contributed by atoms with E-state index in [1.165, 1.54) is 12.1 Å². The molecule has 122 valence electrons. The van der Waals surface area contributed by atoms with Gasteiger partial charge >= 0.3 is 12.1 Å². The first-order valence-electron chi connectivity index (χ1n) is 7.32. The highest BCUT2D eigenvalue weighted by molar-refractivity contribution is 6.32. The predicted molar refractivity (Wildman–Crippen MR) is 78.8 cm³/mol. The van der Waals surface area contributed by atoms with Gasteiger partial charge in [-0.1, -0.05) is 23.7 Å². The molecule has 0 heterocycles. The number of hydrogen-bond donors (Lipinski definition) is 0. The van der Waals surface area contributed by atoms with Crippen LogP contribution in [0.2, 0.25) is 0 Å². The van der Waals surface area contributed by atoms with Gasteiger partial charge in [-0.3, -0.25) is 9.59 Å². The summed E-state index contributed by atoms with van der Waals surface area (Å²) in [7, 11) is 5.65. The Balaban J connectivity index is 2.40. The van der Waals surface area contributed by atoms with Crippen LogP contribution in [0.5, 0.6) is 0 Å². The molecule has 0 amide bonds. The van der Waals surface area contributed by atoms with Crippen LogP contribution in [0.15, 0.2) is 18.2 Å². The highest BCUT2D eigenvalue weighted by Gasteiger charge is 2.51. The molecular weight excluding hydrogens is 308 g/mol. The first kappa shape index (κ1) is 17.6. The lowest BCUT2D eigenvalue weighted by molar-refractivity contribution is -0.162.